The summed E-state index contributed by atoms with van der Waals surface area (Å²) in [5, 5.41) is 10.1. The van der Waals surface area contributed by atoms with Crippen molar-refractivity contribution in [2.75, 3.05) is 24.2 Å². The normalized spacial score (nSPS) is 15.7. The van der Waals surface area contributed by atoms with E-state index in [0.717, 1.165) is 59.7 Å². The summed E-state index contributed by atoms with van der Waals surface area (Å²) in [4.78, 5) is 24.9. The first kappa shape index (κ1) is 31.8. The lowest BCUT2D eigenvalue weighted by atomic mass is 9.69. The molecule has 0 fully saturated rings. The zero-order chi connectivity index (χ0) is 32.1. The molecule has 0 spiro atoms. The van der Waals surface area contributed by atoms with Crippen LogP contribution >= 0.6 is 0 Å². The Morgan fingerprint density at radius 3 is 2.60 bits per heavy atom. The maximum absolute atomic E-state index is 14.1. The van der Waals surface area contributed by atoms with E-state index in [-0.39, 0.29) is 19.4 Å². The number of anilines is 2. The lowest BCUT2D eigenvalue weighted by molar-refractivity contribution is -0.124. The Morgan fingerprint density at radius 1 is 1.13 bits per heavy atom. The molecule has 1 aliphatic heterocycles. The number of aryl methyl sites for hydroxylation is 1. The Bertz CT molecular complexity index is 1680. The van der Waals surface area contributed by atoms with Crippen molar-refractivity contribution >= 4 is 23.0 Å². The third-order valence-electron chi connectivity index (χ3n) is 8.97. The highest BCUT2D eigenvalue weighted by atomic mass is 16.5. The van der Waals surface area contributed by atoms with Crippen LogP contribution in [0.1, 0.15) is 67.9 Å². The van der Waals surface area contributed by atoms with Crippen LogP contribution in [0.3, 0.4) is 0 Å². The number of nitrogens with zero attached hydrogens (tertiary/aromatic N) is 4. The van der Waals surface area contributed by atoms with E-state index in [2.05, 4.69) is 68.7 Å². The van der Waals surface area contributed by atoms with Crippen LogP contribution in [0.15, 0.2) is 78.4 Å². The SMILES string of the molecule is CC[C@@H]1CN(Cc2cc([C@@H](c3ccc(NC)c(N=N)c3C)C(C)(C)C(=O)Nc3ccncc3)ccc2C)Cc2cnccc2O1.[HH]. The van der Waals surface area contributed by atoms with Gasteiger partial charge in [0.1, 0.15) is 17.5 Å². The number of fused-ring (bicyclic) bond motifs is 1. The second kappa shape index (κ2) is 13.6. The molecule has 0 aliphatic carbocycles. The Hall–Kier alpha value is -4.63. The van der Waals surface area contributed by atoms with E-state index < -0.39 is 5.41 Å². The number of rotatable bonds is 10. The van der Waals surface area contributed by atoms with Crippen LogP contribution in [0.25, 0.3) is 0 Å². The smallest absolute Gasteiger partial charge is 0.230 e. The van der Waals surface area contributed by atoms with Crippen molar-refractivity contribution in [2.45, 2.75) is 66.2 Å². The third kappa shape index (κ3) is 6.73. The summed E-state index contributed by atoms with van der Waals surface area (Å²) in [5.41, 5.74) is 15.4. The summed E-state index contributed by atoms with van der Waals surface area (Å²) in [6, 6.07) is 16.1. The highest BCUT2D eigenvalue weighted by Gasteiger charge is 2.40. The van der Waals surface area contributed by atoms with Crippen molar-refractivity contribution in [1.82, 2.24) is 14.9 Å². The minimum absolute atomic E-state index is 0. The van der Waals surface area contributed by atoms with Gasteiger partial charge in [-0.25, -0.2) is 5.53 Å². The number of aromatic nitrogens is 2. The van der Waals surface area contributed by atoms with Gasteiger partial charge in [0, 0.05) is 70.1 Å². The summed E-state index contributed by atoms with van der Waals surface area (Å²) >= 11 is 0. The Balaban J connectivity index is 0.00000480. The van der Waals surface area contributed by atoms with Crippen molar-refractivity contribution in [2.24, 2.45) is 10.5 Å². The molecule has 45 heavy (non-hydrogen) atoms. The van der Waals surface area contributed by atoms with Crippen molar-refractivity contribution in [1.29, 1.82) is 5.53 Å². The molecule has 0 saturated carbocycles. The second-order valence-electron chi connectivity index (χ2n) is 12.4. The minimum atomic E-state index is -0.880. The molecule has 9 heteroatoms. The Morgan fingerprint density at radius 2 is 1.89 bits per heavy atom. The van der Waals surface area contributed by atoms with Gasteiger partial charge in [0.25, 0.3) is 0 Å². The average Bonchev–Trinajstić information content (AvgIpc) is 3.22. The van der Waals surface area contributed by atoms with E-state index in [0.29, 0.717) is 11.4 Å². The quantitative estimate of drug-likeness (QED) is 0.157. The molecule has 1 amide bonds. The van der Waals surface area contributed by atoms with Gasteiger partial charge in [-0.2, -0.15) is 5.11 Å². The molecule has 0 radical (unpaired) electrons. The number of amides is 1. The lowest BCUT2D eigenvalue weighted by Gasteiger charge is -2.36. The zero-order valence-electron chi connectivity index (χ0n) is 27.0. The number of pyridine rings is 2. The molecule has 236 valence electrons. The first-order valence-electron chi connectivity index (χ1n) is 15.5. The van der Waals surface area contributed by atoms with Crippen LogP contribution in [-0.4, -0.2) is 40.5 Å². The van der Waals surface area contributed by atoms with E-state index in [1.807, 2.05) is 46.1 Å². The molecule has 2 aromatic carbocycles. The van der Waals surface area contributed by atoms with Crippen molar-refractivity contribution in [3.05, 3.63) is 107 Å². The fraction of sp³-hybridized carbons (Fsp3) is 0.361. The molecular weight excluding hydrogens is 562 g/mol. The number of carbonyl (C=O) groups excluding carboxylic acids is 1. The maximum Gasteiger partial charge on any atom is 0.230 e. The third-order valence-corrected chi connectivity index (χ3v) is 8.97. The molecule has 4 aromatic rings. The summed E-state index contributed by atoms with van der Waals surface area (Å²) in [5.74, 6) is 0.468. The molecule has 9 nitrogen and oxygen atoms in total. The van der Waals surface area contributed by atoms with Gasteiger partial charge in [-0.05, 0) is 72.4 Å². The highest BCUT2D eigenvalue weighted by molar-refractivity contribution is 5.96. The van der Waals surface area contributed by atoms with Crippen LogP contribution in [0.2, 0.25) is 0 Å². The van der Waals surface area contributed by atoms with Crippen LogP contribution in [0, 0.1) is 24.8 Å². The van der Waals surface area contributed by atoms with Gasteiger partial charge in [0.15, 0.2) is 0 Å². The standard InChI is InChI=1S/C36H43N7O2.H2/c1-7-29-22-43(21-27-19-40-17-14-32(27)45-29)20-26-18-25(9-8-23(26)2)33(30-10-11-31(38-6)34(42-37)24(30)3)36(4,5)35(44)41-28-12-15-39-16-13-28;/h8-19,29,33,37-38H,7,20-22H2,1-6H3,(H,39,41,44);1H/t29-,33+;/m1./s1. The van der Waals surface area contributed by atoms with Crippen LogP contribution in [-0.2, 0) is 17.9 Å². The number of carbonyl (C=O) groups is 1. The van der Waals surface area contributed by atoms with Gasteiger partial charge in [-0.1, -0.05) is 45.0 Å². The van der Waals surface area contributed by atoms with Gasteiger partial charge in [0.05, 0.1) is 11.1 Å². The first-order valence-corrected chi connectivity index (χ1v) is 15.5. The van der Waals surface area contributed by atoms with Gasteiger partial charge in [-0.15, -0.1) is 0 Å². The molecule has 3 N–H and O–H groups in total. The van der Waals surface area contributed by atoms with Crippen molar-refractivity contribution in [3.8, 4) is 5.75 Å². The van der Waals surface area contributed by atoms with Gasteiger partial charge in [-0.3, -0.25) is 19.7 Å². The molecule has 0 bridgehead atoms. The van der Waals surface area contributed by atoms with Crippen molar-refractivity contribution < 1.29 is 11.0 Å². The van der Waals surface area contributed by atoms with E-state index in [9.17, 15) is 4.79 Å². The fourth-order valence-electron chi connectivity index (χ4n) is 6.29. The van der Waals surface area contributed by atoms with E-state index in [4.69, 9.17) is 10.3 Å². The molecule has 5 rings (SSSR count). The largest absolute Gasteiger partial charge is 0.489 e. The number of ether oxygens (including phenoxy) is 1. The first-order chi connectivity index (χ1) is 21.7. The van der Waals surface area contributed by atoms with E-state index in [1.165, 1.54) is 11.1 Å². The highest BCUT2D eigenvalue weighted by Crippen LogP contribution is 2.46. The summed E-state index contributed by atoms with van der Waals surface area (Å²) in [6.07, 6.45) is 8.01. The van der Waals surface area contributed by atoms with Crippen LogP contribution in [0.5, 0.6) is 5.75 Å². The van der Waals surface area contributed by atoms with Gasteiger partial charge in [0.2, 0.25) is 5.91 Å². The number of hydrogen-bond donors (Lipinski definition) is 3. The van der Waals surface area contributed by atoms with E-state index in [1.54, 1.807) is 30.7 Å². The van der Waals surface area contributed by atoms with E-state index >= 15 is 0 Å². The fourth-order valence-corrected chi connectivity index (χ4v) is 6.29. The second-order valence-corrected chi connectivity index (χ2v) is 12.4. The summed E-state index contributed by atoms with van der Waals surface area (Å²) < 4.78 is 6.34. The molecule has 0 unspecified atom stereocenters. The Kier molecular flexibility index (Phi) is 9.58. The predicted molar refractivity (Wildman–Crippen MR) is 180 cm³/mol. The predicted octanol–water partition coefficient (Wildman–Crippen LogP) is 8.01. The van der Waals surface area contributed by atoms with Gasteiger partial charge < -0.3 is 15.4 Å². The molecule has 2 aromatic heterocycles. The van der Waals surface area contributed by atoms with Gasteiger partial charge >= 0.3 is 0 Å². The van der Waals surface area contributed by atoms with Crippen LogP contribution < -0.4 is 15.4 Å². The van der Waals surface area contributed by atoms with Crippen molar-refractivity contribution in [3.63, 3.8) is 0 Å². The molecule has 3 heterocycles. The lowest BCUT2D eigenvalue weighted by Crippen LogP contribution is -2.37. The molecule has 0 saturated heterocycles. The molecule has 2 atom stereocenters. The Labute approximate surface area is 267 Å². The summed E-state index contributed by atoms with van der Waals surface area (Å²) in [7, 11) is 1.82. The monoisotopic (exact) mass is 607 g/mol. The molecule has 1 aliphatic rings. The number of hydrogen-bond acceptors (Lipinski definition) is 8. The minimum Gasteiger partial charge on any atom is -0.489 e. The number of nitrogens with one attached hydrogen (secondary N) is 3. The maximum atomic E-state index is 14.1. The number of benzene rings is 2. The molecular formula is C36H45N7O2. The average molecular weight is 608 g/mol. The topological polar surface area (TPSA) is 116 Å². The zero-order valence-corrected chi connectivity index (χ0v) is 27.0. The summed E-state index contributed by atoms with van der Waals surface area (Å²) in [6.45, 7) is 12.5. The van der Waals surface area contributed by atoms with Crippen LogP contribution in [0.4, 0.5) is 17.1 Å².